The van der Waals surface area contributed by atoms with Crippen LogP contribution >= 0.6 is 0 Å². The number of nitrogens with zero attached hydrogens (tertiary/aromatic N) is 2. The highest BCUT2D eigenvalue weighted by molar-refractivity contribution is 5.89. The van der Waals surface area contributed by atoms with Gasteiger partial charge in [-0.05, 0) is 73.3 Å². The first-order chi connectivity index (χ1) is 15.4. The van der Waals surface area contributed by atoms with Crippen LogP contribution in [0.1, 0.15) is 55.5 Å². The molecule has 4 nitrogen and oxygen atoms in total. The molecule has 32 heavy (non-hydrogen) atoms. The third-order valence-electron chi connectivity index (χ3n) is 7.36. The van der Waals surface area contributed by atoms with Gasteiger partial charge in [-0.1, -0.05) is 38.1 Å². The Morgan fingerprint density at radius 2 is 1.88 bits per heavy atom. The van der Waals surface area contributed by atoms with Crippen LogP contribution in [0.3, 0.4) is 0 Å². The molecule has 0 unspecified atom stereocenters. The minimum absolute atomic E-state index is 0.248. The second-order valence-corrected chi connectivity index (χ2v) is 10.3. The molecule has 1 fully saturated rings. The number of ether oxygens (including phenoxy) is 1. The van der Waals surface area contributed by atoms with Crippen LogP contribution < -0.4 is 4.74 Å². The highest BCUT2D eigenvalue weighted by Gasteiger charge is 2.31. The minimum atomic E-state index is 0.248. The lowest BCUT2D eigenvalue weighted by Crippen LogP contribution is -2.32. The molecule has 1 saturated heterocycles. The van der Waals surface area contributed by atoms with Crippen LogP contribution in [0.5, 0.6) is 5.75 Å². The first kappa shape index (κ1) is 21.1. The zero-order valence-corrected chi connectivity index (χ0v) is 19.6. The number of aromatic nitrogens is 1. The molecule has 4 heteroatoms. The summed E-state index contributed by atoms with van der Waals surface area (Å²) in [5, 5.41) is 1.28. The first-order valence-corrected chi connectivity index (χ1v) is 12.0. The van der Waals surface area contributed by atoms with E-state index in [-0.39, 0.29) is 5.91 Å². The summed E-state index contributed by atoms with van der Waals surface area (Å²) < 4.78 is 8.50. The van der Waals surface area contributed by atoms with Gasteiger partial charge in [0.2, 0.25) is 5.91 Å². The number of aryl methyl sites for hydroxylation is 1. The Morgan fingerprint density at radius 3 is 2.66 bits per heavy atom. The molecule has 1 aliphatic carbocycles. The van der Waals surface area contributed by atoms with E-state index >= 15 is 0 Å². The van der Waals surface area contributed by atoms with Crippen LogP contribution in [0.2, 0.25) is 0 Å². The van der Waals surface area contributed by atoms with Gasteiger partial charge in [0.15, 0.2) is 0 Å². The summed E-state index contributed by atoms with van der Waals surface area (Å²) in [4.78, 5) is 15.1. The third-order valence-corrected chi connectivity index (χ3v) is 7.36. The Morgan fingerprint density at radius 1 is 1.09 bits per heavy atom. The maximum absolute atomic E-state index is 13.1. The summed E-state index contributed by atoms with van der Waals surface area (Å²) in [6, 6.07) is 14.8. The van der Waals surface area contributed by atoms with E-state index in [1.807, 2.05) is 4.90 Å². The van der Waals surface area contributed by atoms with E-state index in [4.69, 9.17) is 4.74 Å². The molecule has 0 spiro atoms. The quantitative estimate of drug-likeness (QED) is 0.523. The van der Waals surface area contributed by atoms with Crippen molar-refractivity contribution in [3.05, 3.63) is 64.8 Å². The van der Waals surface area contributed by atoms with Crippen molar-refractivity contribution in [2.75, 3.05) is 13.1 Å². The third kappa shape index (κ3) is 4.03. The molecule has 2 heterocycles. The molecule has 0 atom stereocenters. The fourth-order valence-corrected chi connectivity index (χ4v) is 5.37. The normalized spacial score (nSPS) is 17.5. The van der Waals surface area contributed by atoms with Gasteiger partial charge < -0.3 is 14.2 Å². The van der Waals surface area contributed by atoms with Crippen molar-refractivity contribution in [1.82, 2.24) is 9.47 Å². The second-order valence-electron chi connectivity index (χ2n) is 10.3. The van der Waals surface area contributed by atoms with E-state index in [1.165, 1.54) is 27.8 Å². The van der Waals surface area contributed by atoms with Crippen LogP contribution in [-0.4, -0.2) is 28.5 Å². The topological polar surface area (TPSA) is 34.5 Å². The standard InChI is InChI=1S/C28H34N2O2/c1-20-8-4-5-9-21(20)19-32-22-10-11-23-24-17-28(2,3)13-12-25(24)30(26(23)16-22)18-27(31)29-14-6-7-15-29/h4-5,8-11,16H,6-7,12-15,17-19H2,1-3H3. The summed E-state index contributed by atoms with van der Waals surface area (Å²) >= 11 is 0. The largest absolute Gasteiger partial charge is 0.489 e. The zero-order chi connectivity index (χ0) is 22.3. The smallest absolute Gasteiger partial charge is 0.242 e. The highest BCUT2D eigenvalue weighted by Crippen LogP contribution is 2.41. The predicted molar refractivity (Wildman–Crippen MR) is 129 cm³/mol. The summed E-state index contributed by atoms with van der Waals surface area (Å²) in [6.07, 6.45) is 5.50. The van der Waals surface area contributed by atoms with Crippen molar-refractivity contribution in [3.63, 3.8) is 0 Å². The zero-order valence-electron chi connectivity index (χ0n) is 19.6. The van der Waals surface area contributed by atoms with Crippen molar-refractivity contribution < 1.29 is 9.53 Å². The molecule has 1 aromatic heterocycles. The molecule has 3 aromatic rings. The first-order valence-electron chi connectivity index (χ1n) is 12.0. The molecule has 1 aliphatic heterocycles. The fraction of sp³-hybridized carbons (Fsp3) is 0.464. The average molecular weight is 431 g/mol. The maximum Gasteiger partial charge on any atom is 0.242 e. The Bertz CT molecular complexity index is 1150. The van der Waals surface area contributed by atoms with E-state index in [2.05, 4.69) is 67.8 Å². The summed E-state index contributed by atoms with van der Waals surface area (Å²) in [5.74, 6) is 1.11. The molecule has 5 rings (SSSR count). The molecular formula is C28H34N2O2. The van der Waals surface area contributed by atoms with Crippen LogP contribution in [0.25, 0.3) is 10.9 Å². The number of likely N-dealkylation sites (tertiary alicyclic amines) is 1. The lowest BCUT2D eigenvalue weighted by Gasteiger charge is -2.30. The van der Waals surface area contributed by atoms with Crippen molar-refractivity contribution in [1.29, 1.82) is 0 Å². The van der Waals surface area contributed by atoms with E-state index in [0.29, 0.717) is 18.6 Å². The number of fused-ring (bicyclic) bond motifs is 3. The van der Waals surface area contributed by atoms with Gasteiger partial charge in [0.25, 0.3) is 0 Å². The average Bonchev–Trinajstić information content (AvgIpc) is 3.40. The Labute approximate surface area is 191 Å². The second kappa shape index (κ2) is 8.31. The lowest BCUT2D eigenvalue weighted by atomic mass is 9.76. The van der Waals surface area contributed by atoms with Gasteiger partial charge in [-0.3, -0.25) is 4.79 Å². The molecule has 2 aromatic carbocycles. The van der Waals surface area contributed by atoms with Crippen molar-refractivity contribution in [2.45, 2.75) is 66.0 Å². The highest BCUT2D eigenvalue weighted by atomic mass is 16.5. The van der Waals surface area contributed by atoms with Crippen molar-refractivity contribution in [3.8, 4) is 5.75 Å². The van der Waals surface area contributed by atoms with Crippen LogP contribution in [-0.2, 0) is 30.8 Å². The van der Waals surface area contributed by atoms with Crippen LogP contribution in [0, 0.1) is 12.3 Å². The maximum atomic E-state index is 13.1. The van der Waals surface area contributed by atoms with Gasteiger partial charge in [0.05, 0.1) is 5.52 Å². The van der Waals surface area contributed by atoms with E-state index < -0.39 is 0 Å². The van der Waals surface area contributed by atoms with Gasteiger partial charge in [0.1, 0.15) is 18.9 Å². The number of benzene rings is 2. The van der Waals surface area contributed by atoms with Crippen LogP contribution in [0.15, 0.2) is 42.5 Å². The van der Waals surface area contributed by atoms with Gasteiger partial charge >= 0.3 is 0 Å². The van der Waals surface area contributed by atoms with E-state index in [1.54, 1.807) is 0 Å². The summed E-state index contributed by atoms with van der Waals surface area (Å²) in [7, 11) is 0. The van der Waals surface area contributed by atoms with Crippen LogP contribution in [0.4, 0.5) is 0 Å². The Balaban J connectivity index is 1.50. The van der Waals surface area contributed by atoms with Gasteiger partial charge in [-0.2, -0.15) is 0 Å². The fourth-order valence-electron chi connectivity index (χ4n) is 5.37. The van der Waals surface area contributed by atoms with E-state index in [0.717, 1.165) is 56.5 Å². The number of carbonyl (C=O) groups excluding carboxylic acids is 1. The lowest BCUT2D eigenvalue weighted by molar-refractivity contribution is -0.130. The Kier molecular flexibility index (Phi) is 5.48. The van der Waals surface area contributed by atoms with Crippen molar-refractivity contribution in [2.24, 2.45) is 5.41 Å². The van der Waals surface area contributed by atoms with E-state index in [9.17, 15) is 4.79 Å². The SMILES string of the molecule is Cc1ccccc1COc1ccc2c3c(n(CC(=O)N4CCCC4)c2c1)CCC(C)(C)C3. The predicted octanol–water partition coefficient (Wildman–Crippen LogP) is 5.67. The summed E-state index contributed by atoms with van der Waals surface area (Å²) in [6.45, 7) is 9.62. The van der Waals surface area contributed by atoms with Crippen molar-refractivity contribution >= 4 is 16.8 Å². The number of hydrogen-bond donors (Lipinski definition) is 0. The number of amides is 1. The van der Waals surface area contributed by atoms with Gasteiger partial charge in [0, 0.05) is 30.2 Å². The molecule has 168 valence electrons. The molecule has 1 amide bonds. The molecule has 0 N–H and O–H groups in total. The number of hydrogen-bond acceptors (Lipinski definition) is 2. The Hall–Kier alpha value is -2.75. The molecule has 0 saturated carbocycles. The minimum Gasteiger partial charge on any atom is -0.489 e. The molecule has 2 aliphatic rings. The number of carbonyl (C=O) groups is 1. The molecule has 0 bridgehead atoms. The monoisotopic (exact) mass is 430 g/mol. The molecule has 0 radical (unpaired) electrons. The van der Waals surface area contributed by atoms with Gasteiger partial charge in [-0.15, -0.1) is 0 Å². The molecular weight excluding hydrogens is 396 g/mol. The number of rotatable bonds is 5. The van der Waals surface area contributed by atoms with Gasteiger partial charge in [-0.25, -0.2) is 0 Å². The summed E-state index contributed by atoms with van der Waals surface area (Å²) in [5.41, 5.74) is 6.66.